The molecular weight excluding hydrogens is 267 g/mol. The molecule has 118 valence electrons. The predicted molar refractivity (Wildman–Crippen MR) is 84.2 cm³/mol. The fourth-order valence-corrected chi connectivity index (χ4v) is 3.17. The van der Waals surface area contributed by atoms with Gasteiger partial charge in [-0.3, -0.25) is 4.90 Å². The Bertz CT molecular complexity index is 470. The van der Waals surface area contributed by atoms with Gasteiger partial charge in [-0.1, -0.05) is 6.07 Å². The van der Waals surface area contributed by atoms with Crippen molar-refractivity contribution in [1.29, 1.82) is 0 Å². The lowest BCUT2D eigenvalue weighted by atomic mass is 9.86. The van der Waals surface area contributed by atoms with Crippen LogP contribution in [0.15, 0.2) is 18.2 Å². The van der Waals surface area contributed by atoms with Crippen LogP contribution < -0.4 is 5.32 Å². The average molecular weight is 294 g/mol. The SMILES string of the molecule is CNC(Cc1ccc(F)cc1C)C(C)(C)N1CCOCC1. The molecule has 1 fully saturated rings. The van der Waals surface area contributed by atoms with Gasteiger partial charge in [0, 0.05) is 24.7 Å². The molecule has 1 N–H and O–H groups in total. The molecule has 21 heavy (non-hydrogen) atoms. The maximum atomic E-state index is 13.3. The third kappa shape index (κ3) is 3.82. The van der Waals surface area contributed by atoms with Gasteiger partial charge < -0.3 is 10.1 Å². The summed E-state index contributed by atoms with van der Waals surface area (Å²) < 4.78 is 18.7. The molecule has 3 nitrogen and oxygen atoms in total. The lowest BCUT2D eigenvalue weighted by Gasteiger charge is -2.46. The summed E-state index contributed by atoms with van der Waals surface area (Å²) in [5, 5.41) is 3.45. The van der Waals surface area contributed by atoms with Crippen molar-refractivity contribution >= 4 is 0 Å². The summed E-state index contributed by atoms with van der Waals surface area (Å²) in [7, 11) is 2.01. The number of rotatable bonds is 5. The molecule has 0 spiro atoms. The van der Waals surface area contributed by atoms with Crippen LogP contribution in [0.5, 0.6) is 0 Å². The highest BCUT2D eigenvalue weighted by molar-refractivity contribution is 5.28. The molecule has 0 amide bonds. The van der Waals surface area contributed by atoms with E-state index in [4.69, 9.17) is 4.74 Å². The van der Waals surface area contributed by atoms with Crippen LogP contribution in [0.4, 0.5) is 4.39 Å². The number of nitrogens with one attached hydrogen (secondary N) is 1. The summed E-state index contributed by atoms with van der Waals surface area (Å²) in [5.41, 5.74) is 2.25. The van der Waals surface area contributed by atoms with E-state index < -0.39 is 0 Å². The smallest absolute Gasteiger partial charge is 0.123 e. The highest BCUT2D eigenvalue weighted by Crippen LogP contribution is 2.24. The van der Waals surface area contributed by atoms with E-state index in [0.29, 0.717) is 6.04 Å². The van der Waals surface area contributed by atoms with E-state index in [9.17, 15) is 4.39 Å². The molecule has 1 aromatic carbocycles. The number of hydrogen-bond acceptors (Lipinski definition) is 3. The fraction of sp³-hybridized carbons (Fsp3) is 0.647. The largest absolute Gasteiger partial charge is 0.379 e. The van der Waals surface area contributed by atoms with Gasteiger partial charge in [-0.2, -0.15) is 0 Å². The van der Waals surface area contributed by atoms with Crippen molar-refractivity contribution in [2.45, 2.75) is 38.8 Å². The van der Waals surface area contributed by atoms with E-state index >= 15 is 0 Å². The Labute approximate surface area is 127 Å². The molecule has 0 aliphatic carbocycles. The van der Waals surface area contributed by atoms with E-state index in [1.807, 2.05) is 20.0 Å². The van der Waals surface area contributed by atoms with Gasteiger partial charge in [0.05, 0.1) is 13.2 Å². The quantitative estimate of drug-likeness (QED) is 0.902. The Kier molecular flexibility index (Phi) is 5.36. The monoisotopic (exact) mass is 294 g/mol. The molecule has 1 saturated heterocycles. The minimum absolute atomic E-state index is 0.0271. The van der Waals surface area contributed by atoms with Gasteiger partial charge in [0.1, 0.15) is 5.82 Å². The second-order valence-electron chi connectivity index (χ2n) is 6.37. The minimum Gasteiger partial charge on any atom is -0.379 e. The first-order valence-electron chi connectivity index (χ1n) is 7.70. The number of aryl methyl sites for hydroxylation is 1. The van der Waals surface area contributed by atoms with Crippen LogP contribution in [0.25, 0.3) is 0 Å². The number of benzene rings is 1. The number of likely N-dealkylation sites (N-methyl/N-ethyl adjacent to an activating group) is 1. The number of ether oxygens (including phenoxy) is 1. The molecule has 1 unspecified atom stereocenters. The van der Waals surface area contributed by atoms with Gasteiger partial charge in [0.15, 0.2) is 0 Å². The molecule has 4 heteroatoms. The Morgan fingerprint density at radius 1 is 1.33 bits per heavy atom. The van der Waals surface area contributed by atoms with Crippen molar-refractivity contribution in [2.75, 3.05) is 33.4 Å². The Morgan fingerprint density at radius 2 is 2.00 bits per heavy atom. The van der Waals surface area contributed by atoms with E-state index in [1.165, 1.54) is 5.56 Å². The number of hydrogen-bond donors (Lipinski definition) is 1. The summed E-state index contributed by atoms with van der Waals surface area (Å²) >= 11 is 0. The molecule has 0 radical (unpaired) electrons. The van der Waals surface area contributed by atoms with Crippen molar-refractivity contribution in [3.8, 4) is 0 Å². The van der Waals surface area contributed by atoms with Crippen LogP contribution in [0.1, 0.15) is 25.0 Å². The number of halogens is 1. The van der Waals surface area contributed by atoms with E-state index in [1.54, 1.807) is 12.1 Å². The van der Waals surface area contributed by atoms with Crippen LogP contribution in [0.3, 0.4) is 0 Å². The molecule has 0 aromatic heterocycles. The molecule has 2 rings (SSSR count). The molecule has 1 aromatic rings. The molecule has 1 atom stereocenters. The van der Waals surface area contributed by atoms with Crippen molar-refractivity contribution < 1.29 is 9.13 Å². The molecule has 0 saturated carbocycles. The maximum Gasteiger partial charge on any atom is 0.123 e. The summed E-state index contributed by atoms with van der Waals surface area (Å²) in [5.74, 6) is -0.162. The summed E-state index contributed by atoms with van der Waals surface area (Å²) in [6, 6.07) is 5.38. The van der Waals surface area contributed by atoms with Crippen molar-refractivity contribution in [3.05, 3.63) is 35.1 Å². The van der Waals surface area contributed by atoms with Gasteiger partial charge in [-0.05, 0) is 57.5 Å². The highest BCUT2D eigenvalue weighted by atomic mass is 19.1. The molecule has 0 bridgehead atoms. The second kappa shape index (κ2) is 6.86. The van der Waals surface area contributed by atoms with Gasteiger partial charge in [-0.15, -0.1) is 0 Å². The van der Waals surface area contributed by atoms with Crippen LogP contribution in [0.2, 0.25) is 0 Å². The standard InChI is InChI=1S/C17H27FN2O/c1-13-11-15(18)6-5-14(13)12-16(19-4)17(2,3)20-7-9-21-10-8-20/h5-6,11,16,19H,7-10,12H2,1-4H3. The summed E-state index contributed by atoms with van der Waals surface area (Å²) in [6.45, 7) is 10.1. The first kappa shape index (κ1) is 16.4. The van der Waals surface area contributed by atoms with E-state index in [2.05, 4.69) is 24.1 Å². The zero-order chi connectivity index (χ0) is 15.5. The van der Waals surface area contributed by atoms with Gasteiger partial charge >= 0.3 is 0 Å². The third-order valence-electron chi connectivity index (χ3n) is 4.76. The molecular formula is C17H27FN2O. The third-order valence-corrected chi connectivity index (χ3v) is 4.76. The van der Waals surface area contributed by atoms with E-state index in [-0.39, 0.29) is 11.4 Å². The number of morpholine rings is 1. The normalized spacial score (nSPS) is 18.7. The summed E-state index contributed by atoms with van der Waals surface area (Å²) in [4.78, 5) is 2.48. The second-order valence-corrected chi connectivity index (χ2v) is 6.37. The lowest BCUT2D eigenvalue weighted by Crippen LogP contribution is -2.60. The predicted octanol–water partition coefficient (Wildman–Crippen LogP) is 2.38. The van der Waals surface area contributed by atoms with Crippen molar-refractivity contribution in [3.63, 3.8) is 0 Å². The summed E-state index contributed by atoms with van der Waals surface area (Å²) in [6.07, 6.45) is 0.896. The number of nitrogens with zero attached hydrogens (tertiary/aromatic N) is 1. The Hall–Kier alpha value is -0.970. The van der Waals surface area contributed by atoms with Crippen LogP contribution in [-0.4, -0.2) is 49.8 Å². The van der Waals surface area contributed by atoms with Crippen LogP contribution >= 0.6 is 0 Å². The Morgan fingerprint density at radius 3 is 2.57 bits per heavy atom. The molecule has 1 aliphatic heterocycles. The first-order chi connectivity index (χ1) is 9.95. The average Bonchev–Trinajstić information content (AvgIpc) is 2.47. The van der Waals surface area contributed by atoms with Crippen molar-refractivity contribution in [2.24, 2.45) is 0 Å². The van der Waals surface area contributed by atoms with Gasteiger partial charge in [0.25, 0.3) is 0 Å². The lowest BCUT2D eigenvalue weighted by molar-refractivity contribution is -0.0223. The molecule has 1 heterocycles. The maximum absolute atomic E-state index is 13.3. The topological polar surface area (TPSA) is 24.5 Å². The van der Waals surface area contributed by atoms with Crippen LogP contribution in [0, 0.1) is 12.7 Å². The van der Waals surface area contributed by atoms with E-state index in [0.717, 1.165) is 38.3 Å². The highest BCUT2D eigenvalue weighted by Gasteiger charge is 2.35. The Balaban J connectivity index is 2.14. The zero-order valence-corrected chi connectivity index (χ0v) is 13.6. The molecule has 1 aliphatic rings. The van der Waals surface area contributed by atoms with Gasteiger partial charge in [-0.25, -0.2) is 4.39 Å². The first-order valence-corrected chi connectivity index (χ1v) is 7.70. The van der Waals surface area contributed by atoms with Gasteiger partial charge in [0.2, 0.25) is 0 Å². The van der Waals surface area contributed by atoms with Crippen molar-refractivity contribution in [1.82, 2.24) is 10.2 Å². The fourth-order valence-electron chi connectivity index (χ4n) is 3.17. The minimum atomic E-state index is -0.162. The van der Waals surface area contributed by atoms with Crippen LogP contribution in [-0.2, 0) is 11.2 Å². The zero-order valence-electron chi connectivity index (χ0n) is 13.6.